The minimum Gasteiger partial charge on any atom is -0.486 e. The topological polar surface area (TPSA) is 59.4 Å². The molecule has 0 saturated heterocycles. The monoisotopic (exact) mass is 283 g/mol. The number of hydrogen-bond donors (Lipinski definition) is 1. The molecule has 6 heteroatoms. The van der Waals surface area contributed by atoms with Crippen LogP contribution in [-0.2, 0) is 17.8 Å². The predicted octanol–water partition coefficient (Wildman–Crippen LogP) is 3.00. The number of carboxylic acids is 1. The summed E-state index contributed by atoms with van der Waals surface area (Å²) in [5.41, 5.74) is 0. The first kappa shape index (κ1) is 12.9. The number of ether oxygens (including phenoxy) is 1. The molecular formula is C12H10ClNO3S. The number of nitrogens with zero attached hydrogens (tertiary/aromatic N) is 1. The molecule has 1 N–H and O–H groups in total. The summed E-state index contributed by atoms with van der Waals surface area (Å²) in [6, 6.07) is 7.09. The molecule has 0 fully saturated rings. The summed E-state index contributed by atoms with van der Waals surface area (Å²) in [5, 5.41) is 10.00. The van der Waals surface area contributed by atoms with Crippen LogP contribution in [0.15, 0.2) is 30.5 Å². The van der Waals surface area contributed by atoms with Crippen molar-refractivity contribution in [2.45, 2.75) is 13.0 Å². The Morgan fingerprint density at radius 1 is 1.50 bits per heavy atom. The van der Waals surface area contributed by atoms with E-state index in [4.69, 9.17) is 21.4 Å². The third-order valence-corrected chi connectivity index (χ3v) is 3.29. The fraction of sp³-hybridized carbons (Fsp3) is 0.167. The zero-order valence-electron chi connectivity index (χ0n) is 9.30. The summed E-state index contributed by atoms with van der Waals surface area (Å²) in [5.74, 6) is -0.196. The van der Waals surface area contributed by atoms with Crippen LogP contribution in [0, 0.1) is 0 Å². The van der Waals surface area contributed by atoms with Gasteiger partial charge in [-0.2, -0.15) is 0 Å². The number of hydrogen-bond acceptors (Lipinski definition) is 4. The Hall–Kier alpha value is -1.59. The predicted molar refractivity (Wildman–Crippen MR) is 69.2 cm³/mol. The Morgan fingerprint density at radius 3 is 3.06 bits per heavy atom. The van der Waals surface area contributed by atoms with Crippen LogP contribution < -0.4 is 4.74 Å². The van der Waals surface area contributed by atoms with E-state index in [0.29, 0.717) is 22.3 Å². The van der Waals surface area contributed by atoms with Crippen LogP contribution in [0.2, 0.25) is 5.02 Å². The summed E-state index contributed by atoms with van der Waals surface area (Å²) < 4.78 is 5.51. The maximum atomic E-state index is 10.5. The second-order valence-corrected chi connectivity index (χ2v) is 5.17. The van der Waals surface area contributed by atoms with E-state index < -0.39 is 5.97 Å². The number of carbonyl (C=O) groups is 1. The molecule has 2 rings (SSSR count). The zero-order chi connectivity index (χ0) is 13.0. The fourth-order valence-corrected chi connectivity index (χ4v) is 2.35. The highest BCUT2D eigenvalue weighted by atomic mass is 35.5. The number of halogens is 1. The van der Waals surface area contributed by atoms with Crippen molar-refractivity contribution in [3.8, 4) is 5.75 Å². The van der Waals surface area contributed by atoms with Crippen LogP contribution in [0.5, 0.6) is 5.75 Å². The van der Waals surface area contributed by atoms with Gasteiger partial charge in [0.25, 0.3) is 0 Å². The molecule has 0 unspecified atom stereocenters. The van der Waals surface area contributed by atoms with Crippen LogP contribution in [-0.4, -0.2) is 16.1 Å². The van der Waals surface area contributed by atoms with Gasteiger partial charge in [0, 0.05) is 16.1 Å². The van der Waals surface area contributed by atoms with Gasteiger partial charge in [-0.05, 0) is 18.2 Å². The average molecular weight is 284 g/mol. The number of rotatable bonds is 5. The van der Waals surface area contributed by atoms with Crippen molar-refractivity contribution in [3.05, 3.63) is 45.4 Å². The van der Waals surface area contributed by atoms with E-state index in [-0.39, 0.29) is 6.42 Å². The molecular weight excluding hydrogens is 274 g/mol. The lowest BCUT2D eigenvalue weighted by molar-refractivity contribution is -0.136. The van der Waals surface area contributed by atoms with E-state index in [1.165, 1.54) is 11.3 Å². The lowest BCUT2D eigenvalue weighted by Gasteiger charge is -2.03. The van der Waals surface area contributed by atoms with Gasteiger partial charge < -0.3 is 9.84 Å². The minimum absolute atomic E-state index is 0.00513. The molecule has 0 atom stereocenters. The van der Waals surface area contributed by atoms with Crippen molar-refractivity contribution in [2.75, 3.05) is 0 Å². The Labute approximate surface area is 113 Å². The van der Waals surface area contributed by atoms with E-state index in [0.717, 1.165) is 5.01 Å². The van der Waals surface area contributed by atoms with Crippen molar-refractivity contribution in [3.63, 3.8) is 0 Å². The summed E-state index contributed by atoms with van der Waals surface area (Å²) >= 11 is 7.16. The van der Waals surface area contributed by atoms with Crippen molar-refractivity contribution in [1.29, 1.82) is 0 Å². The van der Waals surface area contributed by atoms with E-state index in [1.54, 1.807) is 30.5 Å². The van der Waals surface area contributed by atoms with E-state index in [9.17, 15) is 4.79 Å². The number of aromatic nitrogens is 1. The molecule has 94 valence electrons. The van der Waals surface area contributed by atoms with Crippen molar-refractivity contribution >= 4 is 28.9 Å². The number of thiazole rings is 1. The molecule has 0 radical (unpaired) electrons. The Balaban J connectivity index is 1.94. The average Bonchev–Trinajstić information content (AvgIpc) is 2.73. The van der Waals surface area contributed by atoms with Crippen molar-refractivity contribution < 1.29 is 14.6 Å². The first-order valence-electron chi connectivity index (χ1n) is 5.17. The highest BCUT2D eigenvalue weighted by molar-refractivity contribution is 7.11. The Morgan fingerprint density at radius 2 is 2.33 bits per heavy atom. The molecule has 0 saturated carbocycles. The molecule has 0 spiro atoms. The number of aliphatic carboxylic acids is 1. The van der Waals surface area contributed by atoms with Crippen LogP contribution in [0.3, 0.4) is 0 Å². The van der Waals surface area contributed by atoms with Gasteiger partial charge in [0.15, 0.2) is 0 Å². The van der Waals surface area contributed by atoms with Crippen molar-refractivity contribution in [2.24, 2.45) is 0 Å². The minimum atomic E-state index is -0.860. The van der Waals surface area contributed by atoms with Crippen LogP contribution >= 0.6 is 22.9 Å². The SMILES string of the molecule is O=C(O)Cc1cnc(COc2cccc(Cl)c2)s1. The third kappa shape index (κ3) is 3.72. The summed E-state index contributed by atoms with van der Waals surface area (Å²) in [4.78, 5) is 15.3. The highest BCUT2D eigenvalue weighted by Crippen LogP contribution is 2.20. The zero-order valence-corrected chi connectivity index (χ0v) is 10.9. The molecule has 0 aliphatic heterocycles. The van der Waals surface area contributed by atoms with Crippen LogP contribution in [0.1, 0.15) is 9.88 Å². The summed E-state index contributed by atoms with van der Waals surface area (Å²) in [6.45, 7) is 0.310. The second-order valence-electron chi connectivity index (χ2n) is 3.54. The van der Waals surface area contributed by atoms with Gasteiger partial charge in [-0.1, -0.05) is 17.7 Å². The molecule has 1 aromatic carbocycles. The van der Waals surface area contributed by atoms with E-state index in [2.05, 4.69) is 4.98 Å². The normalized spacial score (nSPS) is 10.3. The van der Waals surface area contributed by atoms with Gasteiger partial charge in [0.1, 0.15) is 17.4 Å². The highest BCUT2D eigenvalue weighted by Gasteiger charge is 2.06. The molecule has 0 aliphatic carbocycles. The standard InChI is InChI=1S/C12H10ClNO3S/c13-8-2-1-3-9(4-8)17-7-11-14-6-10(18-11)5-12(15)16/h1-4,6H,5,7H2,(H,15,16). The van der Waals surface area contributed by atoms with Gasteiger partial charge in [0.2, 0.25) is 0 Å². The molecule has 2 aromatic rings. The lowest BCUT2D eigenvalue weighted by atomic mass is 10.3. The first-order valence-corrected chi connectivity index (χ1v) is 6.36. The number of carboxylic acid groups (broad SMARTS) is 1. The molecule has 18 heavy (non-hydrogen) atoms. The maximum Gasteiger partial charge on any atom is 0.308 e. The van der Waals surface area contributed by atoms with Gasteiger partial charge in [-0.15, -0.1) is 11.3 Å². The largest absolute Gasteiger partial charge is 0.486 e. The smallest absolute Gasteiger partial charge is 0.308 e. The Bertz CT molecular complexity index is 556. The van der Waals surface area contributed by atoms with Gasteiger partial charge in [-0.25, -0.2) is 4.98 Å². The van der Waals surface area contributed by atoms with Gasteiger partial charge in [0.05, 0.1) is 6.42 Å². The molecule has 1 aromatic heterocycles. The van der Waals surface area contributed by atoms with Crippen LogP contribution in [0.4, 0.5) is 0 Å². The molecule has 0 aliphatic rings. The van der Waals surface area contributed by atoms with Crippen LogP contribution in [0.25, 0.3) is 0 Å². The van der Waals surface area contributed by atoms with E-state index in [1.807, 2.05) is 0 Å². The molecule has 1 heterocycles. The van der Waals surface area contributed by atoms with Gasteiger partial charge >= 0.3 is 5.97 Å². The Kier molecular flexibility index (Phi) is 4.17. The molecule has 0 bridgehead atoms. The van der Waals surface area contributed by atoms with E-state index >= 15 is 0 Å². The summed E-state index contributed by atoms with van der Waals surface area (Å²) in [6.07, 6.45) is 1.56. The second kappa shape index (κ2) is 5.84. The summed E-state index contributed by atoms with van der Waals surface area (Å²) in [7, 11) is 0. The van der Waals surface area contributed by atoms with Gasteiger partial charge in [-0.3, -0.25) is 4.79 Å². The van der Waals surface area contributed by atoms with Crippen molar-refractivity contribution in [1.82, 2.24) is 4.98 Å². The fourth-order valence-electron chi connectivity index (χ4n) is 1.35. The molecule has 4 nitrogen and oxygen atoms in total. The quantitative estimate of drug-likeness (QED) is 0.916. The maximum absolute atomic E-state index is 10.5. The molecule has 0 amide bonds. The first-order chi connectivity index (χ1) is 8.63. The number of benzene rings is 1. The lowest BCUT2D eigenvalue weighted by Crippen LogP contribution is -1.97. The third-order valence-electron chi connectivity index (χ3n) is 2.09.